The van der Waals surface area contributed by atoms with Gasteiger partial charge in [0.1, 0.15) is 5.69 Å². The Bertz CT molecular complexity index is 1330. The van der Waals surface area contributed by atoms with E-state index in [4.69, 9.17) is 9.72 Å². The molecule has 5 heteroatoms. The molecule has 29 heavy (non-hydrogen) atoms. The Kier molecular flexibility index (Phi) is 4.21. The molecule has 0 saturated heterocycles. The van der Waals surface area contributed by atoms with E-state index in [1.54, 1.807) is 7.11 Å². The van der Waals surface area contributed by atoms with Crippen molar-refractivity contribution in [3.05, 3.63) is 73.1 Å². The van der Waals surface area contributed by atoms with Crippen molar-refractivity contribution < 1.29 is 4.74 Å². The molecule has 2 aromatic carbocycles. The highest BCUT2D eigenvalue weighted by atomic mass is 16.5. The summed E-state index contributed by atoms with van der Waals surface area (Å²) in [5, 5.41) is 6.59. The summed E-state index contributed by atoms with van der Waals surface area (Å²) >= 11 is 0. The van der Waals surface area contributed by atoms with E-state index in [2.05, 4.69) is 29.1 Å². The number of aryl methyl sites for hydroxylation is 1. The number of benzene rings is 2. The zero-order chi connectivity index (χ0) is 19.8. The highest BCUT2D eigenvalue weighted by molar-refractivity contribution is 6.01. The smallest absolute Gasteiger partial charge is 0.159 e. The van der Waals surface area contributed by atoms with Gasteiger partial charge in [-0.2, -0.15) is 5.10 Å². The molecule has 0 aliphatic heterocycles. The van der Waals surface area contributed by atoms with Gasteiger partial charge >= 0.3 is 0 Å². The average molecular weight is 380 g/mol. The maximum absolute atomic E-state index is 5.92. The number of pyridine rings is 2. The fourth-order valence-electron chi connectivity index (χ4n) is 3.79. The van der Waals surface area contributed by atoms with E-state index in [9.17, 15) is 0 Å². The topological polar surface area (TPSA) is 52.8 Å². The summed E-state index contributed by atoms with van der Waals surface area (Å²) in [6, 6.07) is 20.4. The van der Waals surface area contributed by atoms with Crippen molar-refractivity contribution in [2.24, 2.45) is 0 Å². The Morgan fingerprint density at radius 2 is 1.72 bits per heavy atom. The lowest BCUT2D eigenvalue weighted by Gasteiger charge is -2.15. The molecule has 0 spiro atoms. The molecule has 3 heterocycles. The minimum Gasteiger partial charge on any atom is -0.494 e. The molecule has 0 aliphatic rings. The molecule has 5 nitrogen and oxygen atoms in total. The van der Waals surface area contributed by atoms with Gasteiger partial charge in [0.05, 0.1) is 24.2 Å². The lowest BCUT2D eigenvalue weighted by molar-refractivity contribution is 0.417. The van der Waals surface area contributed by atoms with E-state index in [1.807, 2.05) is 65.6 Å². The third-order valence-electron chi connectivity index (χ3n) is 5.17. The van der Waals surface area contributed by atoms with Crippen LogP contribution in [0.1, 0.15) is 6.92 Å². The number of aromatic nitrogens is 4. The molecule has 0 bridgehead atoms. The van der Waals surface area contributed by atoms with Crippen LogP contribution in [0.5, 0.6) is 5.75 Å². The van der Waals surface area contributed by atoms with Crippen LogP contribution in [0.25, 0.3) is 44.3 Å². The quantitative estimate of drug-likeness (QED) is 0.422. The predicted molar refractivity (Wildman–Crippen MR) is 116 cm³/mol. The molecule has 142 valence electrons. The minimum atomic E-state index is 0.733. The van der Waals surface area contributed by atoms with Gasteiger partial charge in [-0.15, -0.1) is 0 Å². The van der Waals surface area contributed by atoms with E-state index in [0.717, 1.165) is 56.6 Å². The molecule has 3 aromatic heterocycles. The van der Waals surface area contributed by atoms with Gasteiger partial charge in [-0.1, -0.05) is 48.5 Å². The summed E-state index contributed by atoms with van der Waals surface area (Å²) in [7, 11) is 1.69. The Balaban J connectivity index is 1.88. The van der Waals surface area contributed by atoms with Crippen LogP contribution >= 0.6 is 0 Å². The van der Waals surface area contributed by atoms with Crippen LogP contribution in [0.15, 0.2) is 73.1 Å². The Hall–Kier alpha value is -3.73. The summed E-state index contributed by atoms with van der Waals surface area (Å²) in [6.45, 7) is 2.81. The number of rotatable bonds is 4. The summed E-state index contributed by atoms with van der Waals surface area (Å²) in [5.74, 6) is 0.733. The van der Waals surface area contributed by atoms with E-state index in [-0.39, 0.29) is 0 Å². The Morgan fingerprint density at radius 1 is 0.931 bits per heavy atom. The fourth-order valence-corrected chi connectivity index (χ4v) is 3.79. The molecule has 5 aromatic rings. The number of para-hydroxylation sites is 1. The molecule has 0 unspecified atom stereocenters. The number of nitrogens with zero attached hydrogens (tertiary/aromatic N) is 4. The van der Waals surface area contributed by atoms with E-state index in [1.165, 1.54) is 0 Å². The molecule has 0 saturated carbocycles. The second-order valence-corrected chi connectivity index (χ2v) is 6.85. The van der Waals surface area contributed by atoms with Crippen LogP contribution in [0.3, 0.4) is 0 Å². The molecule has 0 fully saturated rings. The van der Waals surface area contributed by atoms with Crippen molar-refractivity contribution in [1.29, 1.82) is 0 Å². The van der Waals surface area contributed by atoms with Gasteiger partial charge in [0, 0.05) is 34.8 Å². The molecule has 0 amide bonds. The molecule has 0 radical (unpaired) electrons. The zero-order valence-electron chi connectivity index (χ0n) is 16.3. The number of methoxy groups -OCH3 is 1. The van der Waals surface area contributed by atoms with Crippen molar-refractivity contribution in [1.82, 2.24) is 19.7 Å². The van der Waals surface area contributed by atoms with Gasteiger partial charge in [0.15, 0.2) is 11.4 Å². The number of hydrogen-bond acceptors (Lipinski definition) is 4. The highest BCUT2D eigenvalue weighted by Crippen LogP contribution is 2.42. The first-order chi connectivity index (χ1) is 14.3. The zero-order valence-corrected chi connectivity index (χ0v) is 16.3. The monoisotopic (exact) mass is 380 g/mol. The maximum Gasteiger partial charge on any atom is 0.159 e. The first kappa shape index (κ1) is 17.4. The van der Waals surface area contributed by atoms with Gasteiger partial charge in [-0.3, -0.25) is 4.98 Å². The molecule has 0 atom stereocenters. The Labute approximate surface area is 168 Å². The van der Waals surface area contributed by atoms with Crippen LogP contribution in [0.4, 0.5) is 0 Å². The minimum absolute atomic E-state index is 0.733. The first-order valence-corrected chi connectivity index (χ1v) is 9.64. The van der Waals surface area contributed by atoms with Crippen molar-refractivity contribution in [2.45, 2.75) is 13.5 Å². The van der Waals surface area contributed by atoms with Crippen LogP contribution in [0, 0.1) is 0 Å². The van der Waals surface area contributed by atoms with Gasteiger partial charge < -0.3 is 4.74 Å². The molecule has 5 rings (SSSR count). The maximum atomic E-state index is 5.92. The van der Waals surface area contributed by atoms with Gasteiger partial charge in [0.2, 0.25) is 0 Å². The van der Waals surface area contributed by atoms with Crippen LogP contribution in [-0.4, -0.2) is 26.9 Å². The van der Waals surface area contributed by atoms with Crippen LogP contribution in [0.2, 0.25) is 0 Å². The molecular formula is C24H20N4O. The average Bonchev–Trinajstić information content (AvgIpc) is 3.20. The van der Waals surface area contributed by atoms with Crippen molar-refractivity contribution in [2.75, 3.05) is 7.11 Å². The lowest BCUT2D eigenvalue weighted by atomic mass is 9.99. The van der Waals surface area contributed by atoms with E-state index in [0.29, 0.717) is 0 Å². The predicted octanol–water partition coefficient (Wildman–Crippen LogP) is 5.34. The lowest BCUT2D eigenvalue weighted by Crippen LogP contribution is -2.01. The standard InChI is InChI=1S/C24H20N4O/c1-3-28-24-19(15-26-28)21(18-13-17-11-7-8-12-20(17)25-14-18)23(29-2)22(27-24)16-9-5-4-6-10-16/h4-15H,3H2,1-2H3. The third-order valence-corrected chi connectivity index (χ3v) is 5.17. The summed E-state index contributed by atoms with van der Waals surface area (Å²) in [5.41, 5.74) is 5.57. The third kappa shape index (κ3) is 2.83. The van der Waals surface area contributed by atoms with Crippen LogP contribution in [-0.2, 0) is 6.54 Å². The molecule has 0 N–H and O–H groups in total. The summed E-state index contributed by atoms with van der Waals surface area (Å²) in [4.78, 5) is 9.62. The fraction of sp³-hybridized carbons (Fsp3) is 0.125. The first-order valence-electron chi connectivity index (χ1n) is 9.64. The highest BCUT2D eigenvalue weighted by Gasteiger charge is 2.21. The molecular weight excluding hydrogens is 360 g/mol. The summed E-state index contributed by atoms with van der Waals surface area (Å²) in [6.07, 6.45) is 3.77. The Morgan fingerprint density at radius 3 is 2.52 bits per heavy atom. The molecule has 0 aliphatic carbocycles. The summed E-state index contributed by atoms with van der Waals surface area (Å²) < 4.78 is 7.84. The number of hydrogen-bond donors (Lipinski definition) is 0. The van der Waals surface area contributed by atoms with E-state index >= 15 is 0 Å². The number of ether oxygens (including phenoxy) is 1. The second kappa shape index (κ2) is 7.02. The van der Waals surface area contributed by atoms with E-state index < -0.39 is 0 Å². The van der Waals surface area contributed by atoms with Crippen LogP contribution < -0.4 is 4.74 Å². The van der Waals surface area contributed by atoms with Crippen molar-refractivity contribution in [3.63, 3.8) is 0 Å². The van der Waals surface area contributed by atoms with Gasteiger partial charge in [0.25, 0.3) is 0 Å². The van der Waals surface area contributed by atoms with Crippen molar-refractivity contribution in [3.8, 4) is 28.1 Å². The largest absolute Gasteiger partial charge is 0.494 e. The second-order valence-electron chi connectivity index (χ2n) is 6.85. The number of fused-ring (bicyclic) bond motifs is 2. The van der Waals surface area contributed by atoms with Gasteiger partial charge in [-0.25, -0.2) is 9.67 Å². The van der Waals surface area contributed by atoms with Crippen molar-refractivity contribution >= 4 is 21.9 Å². The SMILES string of the molecule is CCn1ncc2c(-c3cnc4ccccc4c3)c(OC)c(-c3ccccc3)nc21. The normalized spacial score (nSPS) is 11.2. The van der Waals surface area contributed by atoms with Gasteiger partial charge in [-0.05, 0) is 19.1 Å².